The number of halogens is 3. The number of amides is 4. The Balaban J connectivity index is 2.79. The van der Waals surface area contributed by atoms with E-state index in [4.69, 9.17) is 4.74 Å². The van der Waals surface area contributed by atoms with E-state index >= 15 is 0 Å². The summed E-state index contributed by atoms with van der Waals surface area (Å²) < 4.78 is 44.1. The van der Waals surface area contributed by atoms with Crippen LogP contribution in [0.25, 0.3) is 0 Å². The average Bonchev–Trinajstić information content (AvgIpc) is 3.17. The molecule has 1 saturated heterocycles. The van der Waals surface area contributed by atoms with Gasteiger partial charge in [0.1, 0.15) is 23.7 Å². The number of likely N-dealkylation sites (tertiary alicyclic amines) is 1. The van der Waals surface area contributed by atoms with Crippen LogP contribution in [0, 0.1) is 5.92 Å². The summed E-state index contributed by atoms with van der Waals surface area (Å²) in [6, 6.07) is -4.72. The zero-order valence-corrected chi connectivity index (χ0v) is 21.2. The number of carbonyl (C=O) groups excluding carboxylic acids is 4. The lowest BCUT2D eigenvalue weighted by Crippen LogP contribution is -2.58. The van der Waals surface area contributed by atoms with Crippen LogP contribution in [0.15, 0.2) is 0 Å². The zero-order chi connectivity index (χ0) is 27.3. The lowest BCUT2D eigenvalue weighted by atomic mass is 9.97. The van der Waals surface area contributed by atoms with Gasteiger partial charge in [-0.05, 0) is 53.4 Å². The molecule has 0 saturated carbocycles. The van der Waals surface area contributed by atoms with Crippen LogP contribution < -0.4 is 16.0 Å². The van der Waals surface area contributed by atoms with E-state index in [1.54, 1.807) is 20.8 Å². The molecule has 0 bridgehead atoms. The van der Waals surface area contributed by atoms with Crippen LogP contribution in [-0.4, -0.2) is 82.4 Å². The van der Waals surface area contributed by atoms with Gasteiger partial charge in [-0.3, -0.25) is 14.4 Å². The molecule has 1 aliphatic rings. The summed E-state index contributed by atoms with van der Waals surface area (Å²) in [4.78, 5) is 51.1. The molecular weight excluding hydrogens is 473 g/mol. The van der Waals surface area contributed by atoms with E-state index in [9.17, 15) is 37.5 Å². The normalized spacial score (nSPS) is 20.0. The number of rotatable bonds is 8. The number of aliphatic hydroxyl groups is 1. The van der Waals surface area contributed by atoms with Gasteiger partial charge < -0.3 is 30.7 Å². The fraction of sp³-hybridized carbons (Fsp3) is 0.818. The summed E-state index contributed by atoms with van der Waals surface area (Å²) in [7, 11) is 0. The fourth-order valence-corrected chi connectivity index (χ4v) is 3.58. The molecule has 10 nitrogen and oxygen atoms in total. The Labute approximate surface area is 203 Å². The predicted molar refractivity (Wildman–Crippen MR) is 120 cm³/mol. The van der Waals surface area contributed by atoms with Crippen molar-refractivity contribution < 1.29 is 42.2 Å². The van der Waals surface area contributed by atoms with Gasteiger partial charge in [0.25, 0.3) is 0 Å². The van der Waals surface area contributed by atoms with Crippen LogP contribution in [0.5, 0.6) is 0 Å². The molecule has 0 radical (unpaired) electrons. The van der Waals surface area contributed by atoms with Gasteiger partial charge in [-0.2, -0.15) is 13.2 Å². The molecular formula is C22H37F3N4O6. The number of carbonyl (C=O) groups is 4. The number of hydrogen-bond donors (Lipinski definition) is 4. The van der Waals surface area contributed by atoms with Crippen molar-refractivity contribution in [3.05, 3.63) is 0 Å². The van der Waals surface area contributed by atoms with Crippen molar-refractivity contribution in [3.63, 3.8) is 0 Å². The van der Waals surface area contributed by atoms with Crippen molar-refractivity contribution >= 4 is 23.8 Å². The van der Waals surface area contributed by atoms with Crippen molar-refractivity contribution in [2.75, 3.05) is 6.54 Å². The number of ether oxygens (including phenoxy) is 1. The van der Waals surface area contributed by atoms with Crippen molar-refractivity contribution in [3.8, 4) is 0 Å². The molecule has 202 valence electrons. The Morgan fingerprint density at radius 1 is 0.971 bits per heavy atom. The molecule has 35 heavy (non-hydrogen) atoms. The smallest absolute Gasteiger partial charge is 0.416 e. The van der Waals surface area contributed by atoms with Crippen LogP contribution in [0.2, 0.25) is 0 Å². The van der Waals surface area contributed by atoms with E-state index in [2.05, 4.69) is 16.0 Å². The highest BCUT2D eigenvalue weighted by atomic mass is 19.4. The van der Waals surface area contributed by atoms with Crippen molar-refractivity contribution in [2.45, 2.75) is 103 Å². The third-order valence-corrected chi connectivity index (χ3v) is 5.40. The minimum absolute atomic E-state index is 0.178. The number of nitrogens with zero attached hydrogens (tertiary/aromatic N) is 1. The van der Waals surface area contributed by atoms with Gasteiger partial charge >= 0.3 is 12.3 Å². The minimum Gasteiger partial charge on any atom is -0.444 e. The summed E-state index contributed by atoms with van der Waals surface area (Å²) in [5.74, 6) is -2.79. The van der Waals surface area contributed by atoms with Crippen LogP contribution >= 0.6 is 0 Å². The SMILES string of the molecule is CC(NC(=O)OC(C)(C)C)C(=O)NC(C)C(=O)N1CCCC1C(=O)NC(C(C)C)C(O)C(F)(F)F. The number of alkyl halides is 3. The number of alkyl carbamates (subject to hydrolysis) is 1. The van der Waals surface area contributed by atoms with Crippen LogP contribution in [-0.2, 0) is 19.1 Å². The summed E-state index contributed by atoms with van der Waals surface area (Å²) in [6.45, 7) is 10.8. The second-order valence-corrected chi connectivity index (χ2v) is 10.1. The highest BCUT2D eigenvalue weighted by Gasteiger charge is 2.46. The van der Waals surface area contributed by atoms with Gasteiger partial charge in [-0.15, -0.1) is 0 Å². The van der Waals surface area contributed by atoms with Gasteiger partial charge in [0.15, 0.2) is 6.10 Å². The number of aliphatic hydroxyl groups excluding tert-OH is 1. The largest absolute Gasteiger partial charge is 0.444 e. The van der Waals surface area contributed by atoms with Gasteiger partial charge in [0, 0.05) is 6.54 Å². The molecule has 0 aromatic carbocycles. The topological polar surface area (TPSA) is 137 Å². The quantitative estimate of drug-likeness (QED) is 0.390. The third-order valence-electron chi connectivity index (χ3n) is 5.40. The first-order chi connectivity index (χ1) is 15.8. The number of nitrogens with one attached hydrogen (secondary N) is 3. The molecule has 0 aliphatic carbocycles. The molecule has 1 fully saturated rings. The first-order valence-corrected chi connectivity index (χ1v) is 11.5. The predicted octanol–water partition coefficient (Wildman–Crippen LogP) is 1.46. The monoisotopic (exact) mass is 510 g/mol. The molecule has 13 heteroatoms. The molecule has 1 aliphatic heterocycles. The maximum Gasteiger partial charge on any atom is 0.416 e. The Hall–Kier alpha value is -2.57. The molecule has 4 N–H and O–H groups in total. The van der Waals surface area contributed by atoms with Gasteiger partial charge in [0.2, 0.25) is 17.7 Å². The summed E-state index contributed by atoms with van der Waals surface area (Å²) >= 11 is 0. The molecule has 0 aromatic rings. The fourth-order valence-electron chi connectivity index (χ4n) is 3.58. The molecule has 5 unspecified atom stereocenters. The van der Waals surface area contributed by atoms with Gasteiger partial charge in [-0.1, -0.05) is 13.8 Å². The summed E-state index contributed by atoms with van der Waals surface area (Å²) in [6.07, 6.45) is -7.82. The zero-order valence-electron chi connectivity index (χ0n) is 21.2. The van der Waals surface area contributed by atoms with Gasteiger partial charge in [0.05, 0.1) is 6.04 Å². The average molecular weight is 511 g/mol. The van der Waals surface area contributed by atoms with E-state index in [1.807, 2.05) is 0 Å². The second kappa shape index (κ2) is 11.9. The maximum atomic E-state index is 13.0. The van der Waals surface area contributed by atoms with E-state index in [1.165, 1.54) is 32.6 Å². The third kappa shape index (κ3) is 9.19. The van der Waals surface area contributed by atoms with E-state index in [0.717, 1.165) is 0 Å². The molecule has 5 atom stereocenters. The lowest BCUT2D eigenvalue weighted by molar-refractivity contribution is -0.215. The first kappa shape index (κ1) is 30.5. The standard InChI is InChI=1S/C22H37F3N4O6/c1-11(2)15(16(30)22(23,24)25)28-18(32)14-9-8-10-29(14)19(33)13(4)26-17(31)12(3)27-20(34)35-21(5,6)7/h11-16,30H,8-10H2,1-7H3,(H,26,31)(H,27,34)(H,28,32). The summed E-state index contributed by atoms with van der Waals surface area (Å²) in [5, 5.41) is 16.7. The molecule has 4 amide bonds. The maximum absolute atomic E-state index is 13.0. The number of hydrogen-bond acceptors (Lipinski definition) is 6. The highest BCUT2D eigenvalue weighted by Crippen LogP contribution is 2.26. The highest BCUT2D eigenvalue weighted by molar-refractivity contribution is 5.94. The molecule has 1 heterocycles. The second-order valence-electron chi connectivity index (χ2n) is 10.1. The van der Waals surface area contributed by atoms with Gasteiger partial charge in [-0.25, -0.2) is 4.79 Å². The first-order valence-electron chi connectivity index (χ1n) is 11.5. The van der Waals surface area contributed by atoms with E-state index in [-0.39, 0.29) is 13.0 Å². The van der Waals surface area contributed by atoms with Crippen LogP contribution in [0.4, 0.5) is 18.0 Å². The van der Waals surface area contributed by atoms with Crippen LogP contribution in [0.1, 0.15) is 61.3 Å². The van der Waals surface area contributed by atoms with E-state index in [0.29, 0.717) is 6.42 Å². The Kier molecular flexibility index (Phi) is 10.4. The van der Waals surface area contributed by atoms with E-state index < -0.39 is 71.8 Å². The summed E-state index contributed by atoms with van der Waals surface area (Å²) in [5.41, 5.74) is -0.764. The van der Waals surface area contributed by atoms with Crippen molar-refractivity contribution in [1.82, 2.24) is 20.9 Å². The minimum atomic E-state index is -4.92. The van der Waals surface area contributed by atoms with Crippen LogP contribution in [0.3, 0.4) is 0 Å². The Bertz CT molecular complexity index is 784. The van der Waals surface area contributed by atoms with Crippen molar-refractivity contribution in [1.29, 1.82) is 0 Å². The molecule has 0 spiro atoms. The molecule has 1 rings (SSSR count). The molecule has 0 aromatic heterocycles. The Morgan fingerprint density at radius 3 is 2.03 bits per heavy atom. The Morgan fingerprint density at radius 2 is 1.54 bits per heavy atom. The van der Waals surface area contributed by atoms with Crippen molar-refractivity contribution in [2.24, 2.45) is 5.92 Å². The lowest BCUT2D eigenvalue weighted by Gasteiger charge is -2.32.